The van der Waals surface area contributed by atoms with Crippen LogP contribution in [0.5, 0.6) is 0 Å². The first kappa shape index (κ1) is 25.8. The molecule has 0 bridgehead atoms. The van der Waals surface area contributed by atoms with Crippen molar-refractivity contribution in [2.75, 3.05) is 64.9 Å². The van der Waals surface area contributed by atoms with Crippen LogP contribution in [0.4, 0.5) is 5.69 Å². The number of anilines is 1. The molecule has 0 aliphatic carbocycles. The number of nitrogens with zero attached hydrogens (tertiary/aromatic N) is 4. The van der Waals surface area contributed by atoms with E-state index >= 15 is 0 Å². The highest BCUT2D eigenvalue weighted by Gasteiger charge is 2.20. The van der Waals surface area contributed by atoms with Crippen molar-refractivity contribution in [3.05, 3.63) is 65.7 Å². The van der Waals surface area contributed by atoms with Gasteiger partial charge in [0.2, 0.25) is 0 Å². The lowest BCUT2D eigenvalue weighted by atomic mass is 10.1. The van der Waals surface area contributed by atoms with Gasteiger partial charge >= 0.3 is 0 Å². The molecule has 0 radical (unpaired) electrons. The van der Waals surface area contributed by atoms with Crippen LogP contribution < -0.4 is 10.2 Å². The molecule has 2 heterocycles. The van der Waals surface area contributed by atoms with Gasteiger partial charge in [-0.15, -0.1) is 24.0 Å². The van der Waals surface area contributed by atoms with Crippen LogP contribution in [0.1, 0.15) is 17.5 Å². The van der Waals surface area contributed by atoms with E-state index in [0.717, 1.165) is 71.4 Å². The predicted octanol–water partition coefficient (Wildman–Crippen LogP) is 3.67. The number of piperazine rings is 1. The fourth-order valence-corrected chi connectivity index (χ4v) is 4.69. The minimum Gasteiger partial charge on any atom is -0.381 e. The van der Waals surface area contributed by atoms with Gasteiger partial charge in [0.25, 0.3) is 0 Å². The van der Waals surface area contributed by atoms with Gasteiger partial charge < -0.3 is 19.9 Å². The Morgan fingerprint density at radius 1 is 1.03 bits per heavy atom. The Labute approximate surface area is 216 Å². The number of benzene rings is 2. The zero-order valence-electron chi connectivity index (χ0n) is 19.9. The lowest BCUT2D eigenvalue weighted by Gasteiger charge is -2.36. The number of aliphatic imine (C=N–C) groups is 1. The first-order chi connectivity index (χ1) is 15.7. The largest absolute Gasteiger partial charge is 0.381 e. The lowest BCUT2D eigenvalue weighted by Crippen LogP contribution is -2.46. The third-order valence-electron chi connectivity index (χ3n) is 6.57. The van der Waals surface area contributed by atoms with E-state index in [0.29, 0.717) is 5.92 Å². The molecule has 2 saturated heterocycles. The third-order valence-corrected chi connectivity index (χ3v) is 6.57. The van der Waals surface area contributed by atoms with Crippen LogP contribution in [-0.4, -0.2) is 75.8 Å². The number of halogens is 1. The molecule has 0 spiro atoms. The molecule has 1 atom stereocenters. The van der Waals surface area contributed by atoms with Crippen molar-refractivity contribution >= 4 is 35.6 Å². The number of guanidine groups is 1. The van der Waals surface area contributed by atoms with Gasteiger partial charge in [-0.05, 0) is 29.7 Å². The summed E-state index contributed by atoms with van der Waals surface area (Å²) in [5.41, 5.74) is 4.07. The van der Waals surface area contributed by atoms with E-state index in [1.165, 1.54) is 16.8 Å². The molecular formula is C26H38IN5O. The Hall–Kier alpha value is -1.84. The van der Waals surface area contributed by atoms with Crippen molar-refractivity contribution in [3.63, 3.8) is 0 Å². The fraction of sp³-hybridized carbons (Fsp3) is 0.500. The van der Waals surface area contributed by atoms with Crippen molar-refractivity contribution in [2.24, 2.45) is 10.9 Å². The van der Waals surface area contributed by atoms with Gasteiger partial charge in [-0.1, -0.05) is 42.5 Å². The molecular weight excluding hydrogens is 525 g/mol. The molecule has 2 aromatic rings. The zero-order chi connectivity index (χ0) is 22.2. The Balaban J connectivity index is 0.00000306. The van der Waals surface area contributed by atoms with Gasteiger partial charge in [-0.3, -0.25) is 9.89 Å². The van der Waals surface area contributed by atoms with Gasteiger partial charge in [0.15, 0.2) is 5.96 Å². The number of hydrogen-bond donors (Lipinski definition) is 1. The standard InChI is InChI=1S/C26H37N5O.HI/c1-27-26(29(2)19-22-12-17-32-21-22)28-18-23-8-6-7-9-24(23)20-30-13-15-31(16-14-30)25-10-4-3-5-11-25;/h3-11,22H,12-21H2,1-2H3,(H,27,28);1H. The second-order valence-corrected chi connectivity index (χ2v) is 8.88. The van der Waals surface area contributed by atoms with E-state index < -0.39 is 0 Å². The van der Waals surface area contributed by atoms with E-state index in [2.05, 4.69) is 86.7 Å². The normalized spacial score (nSPS) is 19.3. The van der Waals surface area contributed by atoms with E-state index in [9.17, 15) is 0 Å². The first-order valence-electron chi connectivity index (χ1n) is 11.8. The van der Waals surface area contributed by atoms with E-state index in [1.807, 2.05) is 7.05 Å². The maximum absolute atomic E-state index is 5.53. The summed E-state index contributed by atoms with van der Waals surface area (Å²) in [5.74, 6) is 1.54. The molecule has 1 N–H and O–H groups in total. The second kappa shape index (κ2) is 13.2. The molecule has 0 saturated carbocycles. The minimum absolute atomic E-state index is 0. The highest BCUT2D eigenvalue weighted by molar-refractivity contribution is 14.0. The monoisotopic (exact) mass is 563 g/mol. The summed E-state index contributed by atoms with van der Waals surface area (Å²) in [6.07, 6.45) is 1.14. The van der Waals surface area contributed by atoms with Crippen molar-refractivity contribution in [2.45, 2.75) is 19.5 Å². The molecule has 2 fully saturated rings. The van der Waals surface area contributed by atoms with Crippen LogP contribution in [-0.2, 0) is 17.8 Å². The minimum atomic E-state index is 0. The van der Waals surface area contributed by atoms with Crippen LogP contribution >= 0.6 is 24.0 Å². The van der Waals surface area contributed by atoms with Crippen LogP contribution in [0, 0.1) is 5.92 Å². The number of rotatable bonds is 7. The number of nitrogens with one attached hydrogen (secondary N) is 1. The summed E-state index contributed by atoms with van der Waals surface area (Å²) in [7, 11) is 3.98. The molecule has 33 heavy (non-hydrogen) atoms. The molecule has 0 amide bonds. The van der Waals surface area contributed by atoms with Gasteiger partial charge in [0, 0.05) is 78.1 Å². The predicted molar refractivity (Wildman–Crippen MR) is 148 cm³/mol. The van der Waals surface area contributed by atoms with E-state index in [1.54, 1.807) is 0 Å². The quantitative estimate of drug-likeness (QED) is 0.317. The smallest absolute Gasteiger partial charge is 0.193 e. The molecule has 6 nitrogen and oxygen atoms in total. The summed E-state index contributed by atoms with van der Waals surface area (Å²) in [5, 5.41) is 3.57. The molecule has 7 heteroatoms. The molecule has 4 rings (SSSR count). The van der Waals surface area contributed by atoms with Crippen LogP contribution in [0.15, 0.2) is 59.6 Å². The number of ether oxygens (including phenoxy) is 1. The Morgan fingerprint density at radius 3 is 2.39 bits per heavy atom. The van der Waals surface area contributed by atoms with Gasteiger partial charge in [-0.2, -0.15) is 0 Å². The Kier molecular flexibility index (Phi) is 10.3. The summed E-state index contributed by atoms with van der Waals surface area (Å²) < 4.78 is 5.53. The highest BCUT2D eigenvalue weighted by Crippen LogP contribution is 2.18. The topological polar surface area (TPSA) is 43.3 Å². The van der Waals surface area contributed by atoms with Crippen molar-refractivity contribution in [1.82, 2.24) is 15.1 Å². The lowest BCUT2D eigenvalue weighted by molar-refractivity contribution is 0.181. The molecule has 180 valence electrons. The van der Waals surface area contributed by atoms with Crippen molar-refractivity contribution in [1.29, 1.82) is 0 Å². The van der Waals surface area contributed by atoms with Gasteiger partial charge in [-0.25, -0.2) is 0 Å². The van der Waals surface area contributed by atoms with E-state index in [-0.39, 0.29) is 24.0 Å². The van der Waals surface area contributed by atoms with Crippen LogP contribution in [0.25, 0.3) is 0 Å². The van der Waals surface area contributed by atoms with Crippen molar-refractivity contribution < 1.29 is 4.74 Å². The van der Waals surface area contributed by atoms with Gasteiger partial charge in [0.05, 0.1) is 6.61 Å². The third kappa shape index (κ3) is 7.32. The summed E-state index contributed by atoms with van der Waals surface area (Å²) in [4.78, 5) is 11.8. The van der Waals surface area contributed by atoms with Gasteiger partial charge in [0.1, 0.15) is 0 Å². The number of hydrogen-bond acceptors (Lipinski definition) is 4. The molecule has 2 aliphatic heterocycles. The highest BCUT2D eigenvalue weighted by atomic mass is 127. The number of para-hydroxylation sites is 1. The Bertz CT molecular complexity index is 864. The van der Waals surface area contributed by atoms with Crippen molar-refractivity contribution in [3.8, 4) is 0 Å². The van der Waals surface area contributed by atoms with E-state index in [4.69, 9.17) is 4.74 Å². The molecule has 2 aromatic carbocycles. The molecule has 2 aliphatic rings. The zero-order valence-corrected chi connectivity index (χ0v) is 22.3. The first-order valence-corrected chi connectivity index (χ1v) is 11.8. The summed E-state index contributed by atoms with van der Waals surface area (Å²) >= 11 is 0. The SMILES string of the molecule is CN=C(NCc1ccccc1CN1CCN(c2ccccc2)CC1)N(C)CC1CCOC1.I. The summed E-state index contributed by atoms with van der Waals surface area (Å²) in [6, 6.07) is 19.5. The maximum atomic E-state index is 5.53. The average molecular weight is 564 g/mol. The second-order valence-electron chi connectivity index (χ2n) is 8.88. The average Bonchev–Trinajstić information content (AvgIpc) is 3.34. The fourth-order valence-electron chi connectivity index (χ4n) is 4.69. The molecule has 1 unspecified atom stereocenters. The summed E-state index contributed by atoms with van der Waals surface area (Å²) in [6.45, 7) is 8.84. The van der Waals surface area contributed by atoms with Crippen LogP contribution in [0.2, 0.25) is 0 Å². The maximum Gasteiger partial charge on any atom is 0.193 e. The molecule has 0 aromatic heterocycles. The van der Waals surface area contributed by atoms with Crippen LogP contribution in [0.3, 0.4) is 0 Å². The Morgan fingerprint density at radius 2 is 1.73 bits per heavy atom.